The second-order valence-electron chi connectivity index (χ2n) is 6.12. The molecule has 132 valence electrons. The number of nitrogens with one attached hydrogen (secondary N) is 1. The topological polar surface area (TPSA) is 73.3 Å². The summed E-state index contributed by atoms with van der Waals surface area (Å²) >= 11 is 0. The van der Waals surface area contributed by atoms with E-state index in [-0.39, 0.29) is 12.0 Å². The van der Waals surface area contributed by atoms with Crippen molar-refractivity contribution in [2.24, 2.45) is 0 Å². The second-order valence-corrected chi connectivity index (χ2v) is 6.12. The number of aromatic nitrogens is 2. The van der Waals surface area contributed by atoms with Crippen LogP contribution >= 0.6 is 0 Å². The van der Waals surface area contributed by atoms with Crippen LogP contribution in [0.4, 0.5) is 0 Å². The number of ether oxygens (including phenoxy) is 2. The smallest absolute Gasteiger partial charge is 0.251 e. The third-order valence-corrected chi connectivity index (χ3v) is 4.15. The zero-order valence-corrected chi connectivity index (χ0v) is 14.4. The standard InChI is InChI=1S/C19H23N3O3/c1-24-13-14-5-4-6-16(9-14)19(23)22-12-15-10-20-18(21-11-15)17-7-2-3-8-25-17/h4-6,9-11,17H,2-3,7-8,12-13H2,1H3,(H,22,23). The molecule has 25 heavy (non-hydrogen) atoms. The predicted octanol–water partition coefficient (Wildman–Crippen LogP) is 2.79. The van der Waals surface area contributed by atoms with Gasteiger partial charge in [0.25, 0.3) is 5.91 Å². The van der Waals surface area contributed by atoms with Gasteiger partial charge >= 0.3 is 0 Å². The highest BCUT2D eigenvalue weighted by Crippen LogP contribution is 2.24. The van der Waals surface area contributed by atoms with Crippen LogP contribution in [0.5, 0.6) is 0 Å². The van der Waals surface area contributed by atoms with Crippen molar-refractivity contribution in [3.8, 4) is 0 Å². The van der Waals surface area contributed by atoms with Crippen LogP contribution in [0.3, 0.4) is 0 Å². The van der Waals surface area contributed by atoms with Crippen molar-refractivity contribution in [1.82, 2.24) is 15.3 Å². The van der Waals surface area contributed by atoms with Gasteiger partial charge < -0.3 is 14.8 Å². The number of hydrogen-bond donors (Lipinski definition) is 1. The quantitative estimate of drug-likeness (QED) is 0.874. The van der Waals surface area contributed by atoms with Crippen molar-refractivity contribution < 1.29 is 14.3 Å². The number of methoxy groups -OCH3 is 1. The molecule has 1 saturated heterocycles. The van der Waals surface area contributed by atoms with E-state index in [9.17, 15) is 4.79 Å². The first kappa shape index (κ1) is 17.5. The lowest BCUT2D eigenvalue weighted by molar-refractivity contribution is 0.00940. The first-order chi connectivity index (χ1) is 12.3. The van der Waals surface area contributed by atoms with Gasteiger partial charge in [-0.05, 0) is 37.0 Å². The summed E-state index contributed by atoms with van der Waals surface area (Å²) in [5.74, 6) is 0.597. The Labute approximate surface area is 147 Å². The van der Waals surface area contributed by atoms with Gasteiger partial charge in [0.15, 0.2) is 5.82 Å². The first-order valence-corrected chi connectivity index (χ1v) is 8.55. The van der Waals surface area contributed by atoms with Gasteiger partial charge in [-0.1, -0.05) is 12.1 Å². The Morgan fingerprint density at radius 1 is 1.28 bits per heavy atom. The van der Waals surface area contributed by atoms with Crippen LogP contribution < -0.4 is 5.32 Å². The number of hydrogen-bond acceptors (Lipinski definition) is 5. The molecule has 1 aromatic heterocycles. The van der Waals surface area contributed by atoms with Crippen molar-refractivity contribution >= 4 is 5.91 Å². The highest BCUT2D eigenvalue weighted by Gasteiger charge is 2.18. The van der Waals surface area contributed by atoms with Gasteiger partial charge in [0.05, 0.1) is 6.61 Å². The van der Waals surface area contributed by atoms with Crippen LogP contribution in [0.1, 0.15) is 52.7 Å². The minimum Gasteiger partial charge on any atom is -0.380 e. The molecule has 2 heterocycles. The number of carbonyl (C=O) groups excluding carboxylic acids is 1. The Morgan fingerprint density at radius 3 is 2.84 bits per heavy atom. The average molecular weight is 341 g/mol. The van der Waals surface area contributed by atoms with Crippen LogP contribution in [0.15, 0.2) is 36.7 Å². The molecule has 1 N–H and O–H groups in total. The van der Waals surface area contributed by atoms with Gasteiger partial charge in [0.2, 0.25) is 0 Å². The third kappa shape index (κ3) is 4.84. The number of nitrogens with zero attached hydrogens (tertiary/aromatic N) is 2. The summed E-state index contributed by atoms with van der Waals surface area (Å²) in [7, 11) is 1.63. The Balaban J connectivity index is 1.55. The molecule has 0 saturated carbocycles. The van der Waals surface area contributed by atoms with Crippen molar-refractivity contribution in [1.29, 1.82) is 0 Å². The van der Waals surface area contributed by atoms with Gasteiger partial charge in [0, 0.05) is 43.8 Å². The van der Waals surface area contributed by atoms with E-state index >= 15 is 0 Å². The lowest BCUT2D eigenvalue weighted by Gasteiger charge is -2.21. The molecule has 1 atom stereocenters. The van der Waals surface area contributed by atoms with Crippen molar-refractivity contribution in [3.63, 3.8) is 0 Å². The highest BCUT2D eigenvalue weighted by molar-refractivity contribution is 5.94. The molecule has 3 rings (SSSR count). The Bertz CT molecular complexity index is 697. The molecular formula is C19H23N3O3. The van der Waals surface area contributed by atoms with Crippen molar-refractivity contribution in [3.05, 3.63) is 59.2 Å². The van der Waals surface area contributed by atoms with E-state index < -0.39 is 0 Å². The molecule has 1 aromatic carbocycles. The van der Waals surface area contributed by atoms with E-state index in [2.05, 4.69) is 15.3 Å². The number of amides is 1. The fourth-order valence-electron chi connectivity index (χ4n) is 2.82. The summed E-state index contributed by atoms with van der Waals surface area (Å²) < 4.78 is 10.8. The largest absolute Gasteiger partial charge is 0.380 e. The summed E-state index contributed by atoms with van der Waals surface area (Å²) in [6, 6.07) is 7.40. The van der Waals surface area contributed by atoms with Crippen LogP contribution in [-0.4, -0.2) is 29.6 Å². The minimum absolute atomic E-state index is 0.000848. The SMILES string of the molecule is COCc1cccc(C(=O)NCc2cnc(C3CCCCO3)nc2)c1. The molecule has 1 fully saturated rings. The molecule has 0 aliphatic carbocycles. The van der Waals surface area contributed by atoms with Crippen LogP contribution in [0, 0.1) is 0 Å². The fourth-order valence-corrected chi connectivity index (χ4v) is 2.82. The molecule has 6 nitrogen and oxygen atoms in total. The molecule has 1 unspecified atom stereocenters. The van der Waals surface area contributed by atoms with E-state index in [0.29, 0.717) is 18.7 Å². The van der Waals surface area contributed by atoms with E-state index in [1.165, 1.54) is 0 Å². The van der Waals surface area contributed by atoms with E-state index in [0.717, 1.165) is 42.8 Å². The maximum Gasteiger partial charge on any atom is 0.251 e. The normalized spacial score (nSPS) is 17.2. The Morgan fingerprint density at radius 2 is 2.12 bits per heavy atom. The lowest BCUT2D eigenvalue weighted by Crippen LogP contribution is -2.23. The maximum absolute atomic E-state index is 12.3. The van der Waals surface area contributed by atoms with Gasteiger partial charge in [-0.25, -0.2) is 9.97 Å². The second kappa shape index (κ2) is 8.69. The maximum atomic E-state index is 12.3. The predicted molar refractivity (Wildman–Crippen MR) is 92.9 cm³/mol. The fraction of sp³-hybridized carbons (Fsp3) is 0.421. The molecule has 2 aromatic rings. The molecule has 0 bridgehead atoms. The lowest BCUT2D eigenvalue weighted by atomic mass is 10.1. The highest BCUT2D eigenvalue weighted by atomic mass is 16.5. The van der Waals surface area contributed by atoms with Gasteiger partial charge in [0.1, 0.15) is 6.10 Å². The Kier molecular flexibility index (Phi) is 6.09. The molecule has 1 amide bonds. The summed E-state index contributed by atoms with van der Waals surface area (Å²) in [6.45, 7) is 1.65. The summed E-state index contributed by atoms with van der Waals surface area (Å²) in [5.41, 5.74) is 2.44. The molecule has 0 spiro atoms. The number of carbonyl (C=O) groups is 1. The number of rotatable bonds is 6. The third-order valence-electron chi connectivity index (χ3n) is 4.15. The van der Waals surface area contributed by atoms with Gasteiger partial charge in [-0.3, -0.25) is 4.79 Å². The zero-order chi connectivity index (χ0) is 17.5. The van der Waals surface area contributed by atoms with E-state index in [4.69, 9.17) is 9.47 Å². The summed E-state index contributed by atoms with van der Waals surface area (Å²) in [4.78, 5) is 21.1. The van der Waals surface area contributed by atoms with Crippen LogP contribution in [0.25, 0.3) is 0 Å². The van der Waals surface area contributed by atoms with Crippen molar-refractivity contribution in [2.75, 3.05) is 13.7 Å². The van der Waals surface area contributed by atoms with Gasteiger partial charge in [-0.2, -0.15) is 0 Å². The molecule has 1 aliphatic rings. The zero-order valence-electron chi connectivity index (χ0n) is 14.4. The first-order valence-electron chi connectivity index (χ1n) is 8.55. The monoisotopic (exact) mass is 341 g/mol. The van der Waals surface area contributed by atoms with Crippen LogP contribution in [0.2, 0.25) is 0 Å². The number of benzene rings is 1. The molecular weight excluding hydrogens is 318 g/mol. The van der Waals surface area contributed by atoms with E-state index in [1.807, 2.05) is 18.2 Å². The van der Waals surface area contributed by atoms with Crippen LogP contribution in [-0.2, 0) is 22.6 Å². The average Bonchev–Trinajstić information content (AvgIpc) is 2.68. The molecule has 0 radical (unpaired) electrons. The van der Waals surface area contributed by atoms with Crippen molar-refractivity contribution in [2.45, 2.75) is 38.5 Å². The summed E-state index contributed by atoms with van der Waals surface area (Å²) in [6.07, 6.45) is 6.72. The minimum atomic E-state index is -0.127. The van der Waals surface area contributed by atoms with Gasteiger partial charge in [-0.15, -0.1) is 0 Å². The van der Waals surface area contributed by atoms with E-state index in [1.54, 1.807) is 25.6 Å². The Hall–Kier alpha value is -2.31. The molecule has 6 heteroatoms. The molecule has 1 aliphatic heterocycles. The summed E-state index contributed by atoms with van der Waals surface area (Å²) in [5, 5.41) is 2.89.